The van der Waals surface area contributed by atoms with Crippen LogP contribution in [-0.4, -0.2) is 44.7 Å². The van der Waals surface area contributed by atoms with E-state index in [2.05, 4.69) is 10.1 Å². The minimum absolute atomic E-state index is 0.00796. The van der Waals surface area contributed by atoms with Crippen LogP contribution >= 0.6 is 0 Å². The number of aromatic nitrogens is 2. The molecule has 1 fully saturated rings. The number of nitro benzene ring substituents is 1. The van der Waals surface area contributed by atoms with E-state index >= 15 is 0 Å². The molecule has 0 unspecified atom stereocenters. The third-order valence-electron chi connectivity index (χ3n) is 3.99. The molecule has 1 aliphatic heterocycles. The molecule has 2 aromatic rings. The second-order valence-corrected chi connectivity index (χ2v) is 7.30. The normalized spacial score (nSPS) is 14.8. The Morgan fingerprint density at radius 1 is 1.38 bits per heavy atom. The second kappa shape index (κ2) is 6.40. The molecule has 1 aromatic heterocycles. The first-order valence-electron chi connectivity index (χ1n) is 8.21. The first-order chi connectivity index (χ1) is 12.1. The molecule has 9 nitrogen and oxygen atoms in total. The minimum atomic E-state index is -0.542. The van der Waals surface area contributed by atoms with Crippen LogP contribution < -0.4 is 0 Å². The summed E-state index contributed by atoms with van der Waals surface area (Å²) in [5, 5.41) is 15.0. The lowest BCUT2D eigenvalue weighted by Crippen LogP contribution is -2.50. The Balaban J connectivity index is 1.68. The molecule has 0 aliphatic carbocycles. The van der Waals surface area contributed by atoms with E-state index in [1.807, 2.05) is 20.8 Å². The Hall–Kier alpha value is -2.97. The van der Waals surface area contributed by atoms with Gasteiger partial charge in [0, 0.05) is 30.3 Å². The van der Waals surface area contributed by atoms with E-state index in [0.29, 0.717) is 35.9 Å². The number of aryl methyl sites for hydroxylation is 1. The highest BCUT2D eigenvalue weighted by Crippen LogP contribution is 2.30. The van der Waals surface area contributed by atoms with Crippen LogP contribution in [0.4, 0.5) is 10.5 Å². The van der Waals surface area contributed by atoms with Gasteiger partial charge in [0.25, 0.3) is 5.69 Å². The fourth-order valence-electron chi connectivity index (χ4n) is 2.57. The van der Waals surface area contributed by atoms with Gasteiger partial charge >= 0.3 is 6.09 Å². The van der Waals surface area contributed by atoms with E-state index in [-0.39, 0.29) is 17.7 Å². The van der Waals surface area contributed by atoms with Gasteiger partial charge in [0.05, 0.1) is 10.8 Å². The maximum atomic E-state index is 12.0. The number of rotatable bonds is 3. The van der Waals surface area contributed by atoms with Crippen molar-refractivity contribution < 1.29 is 19.0 Å². The number of amides is 1. The fourth-order valence-corrected chi connectivity index (χ4v) is 2.57. The first-order valence-corrected chi connectivity index (χ1v) is 8.21. The molecule has 0 saturated carbocycles. The third kappa shape index (κ3) is 3.66. The van der Waals surface area contributed by atoms with Gasteiger partial charge in [-0.3, -0.25) is 10.1 Å². The highest BCUT2D eigenvalue weighted by molar-refractivity contribution is 5.69. The van der Waals surface area contributed by atoms with Crippen molar-refractivity contribution in [2.45, 2.75) is 39.2 Å². The van der Waals surface area contributed by atoms with Gasteiger partial charge < -0.3 is 14.2 Å². The summed E-state index contributed by atoms with van der Waals surface area (Å²) in [6.45, 7) is 7.98. The van der Waals surface area contributed by atoms with Crippen molar-refractivity contribution in [1.29, 1.82) is 0 Å². The zero-order valence-corrected chi connectivity index (χ0v) is 15.1. The number of ether oxygens (including phenoxy) is 1. The largest absolute Gasteiger partial charge is 0.444 e. The van der Waals surface area contributed by atoms with Crippen molar-refractivity contribution in [3.63, 3.8) is 0 Å². The van der Waals surface area contributed by atoms with Crippen LogP contribution in [0.1, 0.15) is 38.1 Å². The van der Waals surface area contributed by atoms with Crippen LogP contribution in [-0.2, 0) is 4.74 Å². The van der Waals surface area contributed by atoms with Crippen LogP contribution in [0.15, 0.2) is 22.7 Å². The first kappa shape index (κ1) is 17.8. The molecule has 2 heterocycles. The zero-order valence-electron chi connectivity index (χ0n) is 15.1. The predicted octanol–water partition coefficient (Wildman–Crippen LogP) is 3.29. The van der Waals surface area contributed by atoms with Crippen molar-refractivity contribution >= 4 is 11.8 Å². The van der Waals surface area contributed by atoms with Gasteiger partial charge in [-0.15, -0.1) is 0 Å². The standard InChI is InChI=1S/C17H20N4O5/c1-10-5-6-11(7-13(10)21(23)24)14-18-15(26-19-14)12-8-20(9-12)16(22)25-17(2,3)4/h5-7,12H,8-9H2,1-4H3. The number of carbonyl (C=O) groups excluding carboxylic acids is 1. The monoisotopic (exact) mass is 360 g/mol. The molecule has 0 atom stereocenters. The molecule has 26 heavy (non-hydrogen) atoms. The Morgan fingerprint density at radius 2 is 2.08 bits per heavy atom. The van der Waals surface area contributed by atoms with E-state index in [4.69, 9.17) is 9.26 Å². The van der Waals surface area contributed by atoms with Gasteiger partial charge in [0.1, 0.15) is 5.60 Å². The van der Waals surface area contributed by atoms with Gasteiger partial charge in [-0.05, 0) is 27.7 Å². The number of hydrogen-bond acceptors (Lipinski definition) is 7. The van der Waals surface area contributed by atoms with Crippen molar-refractivity contribution in [3.8, 4) is 11.4 Å². The van der Waals surface area contributed by atoms with Crippen LogP contribution in [0, 0.1) is 17.0 Å². The van der Waals surface area contributed by atoms with Gasteiger partial charge in [-0.1, -0.05) is 17.3 Å². The molecule has 0 radical (unpaired) electrons. The lowest BCUT2D eigenvalue weighted by molar-refractivity contribution is -0.385. The summed E-state index contributed by atoms with van der Waals surface area (Å²) in [7, 11) is 0. The average molecular weight is 360 g/mol. The average Bonchev–Trinajstić information content (AvgIpc) is 2.93. The molecule has 0 bridgehead atoms. The van der Waals surface area contributed by atoms with E-state index in [1.165, 1.54) is 6.07 Å². The molecule has 9 heteroatoms. The number of likely N-dealkylation sites (tertiary alicyclic amines) is 1. The van der Waals surface area contributed by atoms with Crippen molar-refractivity contribution in [1.82, 2.24) is 15.0 Å². The molecular formula is C17H20N4O5. The number of nitro groups is 1. The van der Waals surface area contributed by atoms with E-state index < -0.39 is 10.5 Å². The summed E-state index contributed by atoms with van der Waals surface area (Å²) in [4.78, 5) is 28.5. The third-order valence-corrected chi connectivity index (χ3v) is 3.99. The van der Waals surface area contributed by atoms with Crippen LogP contribution in [0.25, 0.3) is 11.4 Å². The van der Waals surface area contributed by atoms with Crippen molar-refractivity contribution in [3.05, 3.63) is 39.8 Å². The fraction of sp³-hybridized carbons (Fsp3) is 0.471. The molecule has 1 aliphatic rings. The predicted molar refractivity (Wildman–Crippen MR) is 91.7 cm³/mol. The maximum absolute atomic E-state index is 12.0. The molecule has 0 spiro atoms. The summed E-state index contributed by atoms with van der Waals surface area (Å²) >= 11 is 0. The van der Waals surface area contributed by atoms with Crippen LogP contribution in [0.5, 0.6) is 0 Å². The SMILES string of the molecule is Cc1ccc(-c2noc(C3CN(C(=O)OC(C)(C)C)C3)n2)cc1[N+](=O)[O-]. The molecular weight excluding hydrogens is 340 g/mol. The lowest BCUT2D eigenvalue weighted by Gasteiger charge is -2.37. The van der Waals surface area contributed by atoms with Gasteiger partial charge in [-0.25, -0.2) is 4.79 Å². The number of carbonyl (C=O) groups is 1. The van der Waals surface area contributed by atoms with Gasteiger partial charge in [0.2, 0.25) is 11.7 Å². The summed E-state index contributed by atoms with van der Waals surface area (Å²) in [6, 6.07) is 4.79. The summed E-state index contributed by atoms with van der Waals surface area (Å²) in [6.07, 6.45) is -0.373. The zero-order chi connectivity index (χ0) is 19.1. The van der Waals surface area contributed by atoms with Crippen LogP contribution in [0.2, 0.25) is 0 Å². The number of nitrogens with zero attached hydrogens (tertiary/aromatic N) is 4. The number of benzene rings is 1. The lowest BCUT2D eigenvalue weighted by atomic mass is 10.0. The van der Waals surface area contributed by atoms with E-state index in [0.717, 1.165) is 0 Å². The molecule has 3 rings (SSSR count). The smallest absolute Gasteiger partial charge is 0.410 e. The van der Waals surface area contributed by atoms with E-state index in [9.17, 15) is 14.9 Å². The summed E-state index contributed by atoms with van der Waals surface area (Å²) in [5.41, 5.74) is 0.545. The molecule has 1 saturated heterocycles. The molecule has 1 aromatic carbocycles. The number of hydrogen-bond donors (Lipinski definition) is 0. The van der Waals surface area contributed by atoms with Crippen LogP contribution in [0.3, 0.4) is 0 Å². The molecule has 0 N–H and O–H groups in total. The van der Waals surface area contributed by atoms with Gasteiger partial charge in [0.15, 0.2) is 0 Å². The van der Waals surface area contributed by atoms with Crippen molar-refractivity contribution in [2.24, 2.45) is 0 Å². The van der Waals surface area contributed by atoms with Crippen molar-refractivity contribution in [2.75, 3.05) is 13.1 Å². The van der Waals surface area contributed by atoms with Gasteiger partial charge in [-0.2, -0.15) is 4.98 Å². The summed E-state index contributed by atoms with van der Waals surface area (Å²) < 4.78 is 10.6. The maximum Gasteiger partial charge on any atom is 0.410 e. The highest BCUT2D eigenvalue weighted by Gasteiger charge is 2.37. The second-order valence-electron chi connectivity index (χ2n) is 7.30. The topological polar surface area (TPSA) is 112 Å². The highest BCUT2D eigenvalue weighted by atomic mass is 16.6. The minimum Gasteiger partial charge on any atom is -0.444 e. The Bertz CT molecular complexity index is 849. The Morgan fingerprint density at radius 3 is 2.69 bits per heavy atom. The quantitative estimate of drug-likeness (QED) is 0.610. The molecule has 1 amide bonds. The Labute approximate surface area is 150 Å². The molecule has 138 valence electrons. The summed E-state index contributed by atoms with van der Waals surface area (Å²) in [5.74, 6) is 0.631. The van der Waals surface area contributed by atoms with E-state index in [1.54, 1.807) is 24.0 Å². The Kier molecular flexibility index (Phi) is 4.39.